The number of anilines is 1. The lowest BCUT2D eigenvalue weighted by molar-refractivity contribution is 0.0598. The van der Waals surface area contributed by atoms with Gasteiger partial charge in [0.1, 0.15) is 17.1 Å². The SMILES string of the molecule is COC(=O)c1ccccc1Oc1cccc(N)n1. The van der Waals surface area contributed by atoms with Crippen LogP contribution < -0.4 is 10.5 Å². The standard InChI is InChI=1S/C13H12N2O3/c1-17-13(16)9-5-2-3-6-10(9)18-12-8-4-7-11(14)15-12/h2-8H,1H3,(H2,14,15). The van der Waals surface area contributed by atoms with Crippen LogP contribution in [0.4, 0.5) is 5.82 Å². The second-order valence-electron chi connectivity index (χ2n) is 3.49. The van der Waals surface area contributed by atoms with E-state index in [1.165, 1.54) is 7.11 Å². The lowest BCUT2D eigenvalue weighted by Gasteiger charge is -2.08. The number of para-hydroxylation sites is 1. The van der Waals surface area contributed by atoms with Crippen LogP contribution in [0.5, 0.6) is 11.6 Å². The maximum absolute atomic E-state index is 11.5. The van der Waals surface area contributed by atoms with E-state index in [-0.39, 0.29) is 0 Å². The molecule has 0 fully saturated rings. The molecule has 0 saturated heterocycles. The molecule has 0 radical (unpaired) electrons. The number of nitrogens with two attached hydrogens (primary N) is 1. The number of nitrogen functional groups attached to an aromatic ring is 1. The molecule has 5 nitrogen and oxygen atoms in total. The molecule has 1 aromatic heterocycles. The summed E-state index contributed by atoms with van der Waals surface area (Å²) in [7, 11) is 1.32. The van der Waals surface area contributed by atoms with Crippen LogP contribution in [-0.2, 0) is 4.74 Å². The molecule has 5 heteroatoms. The third kappa shape index (κ3) is 2.57. The molecular weight excluding hydrogens is 232 g/mol. The van der Waals surface area contributed by atoms with Crippen molar-refractivity contribution < 1.29 is 14.3 Å². The van der Waals surface area contributed by atoms with E-state index in [0.717, 1.165) is 0 Å². The summed E-state index contributed by atoms with van der Waals surface area (Å²) in [5.41, 5.74) is 5.89. The number of nitrogens with zero attached hydrogens (tertiary/aromatic N) is 1. The molecule has 0 atom stereocenters. The van der Waals surface area contributed by atoms with Crippen LogP contribution >= 0.6 is 0 Å². The fourth-order valence-electron chi connectivity index (χ4n) is 1.43. The number of rotatable bonds is 3. The number of methoxy groups -OCH3 is 1. The molecule has 92 valence electrons. The van der Waals surface area contributed by atoms with E-state index in [9.17, 15) is 4.79 Å². The number of benzene rings is 1. The van der Waals surface area contributed by atoms with Gasteiger partial charge in [-0.1, -0.05) is 18.2 Å². The van der Waals surface area contributed by atoms with Crippen molar-refractivity contribution >= 4 is 11.8 Å². The monoisotopic (exact) mass is 244 g/mol. The molecule has 1 aromatic carbocycles. The van der Waals surface area contributed by atoms with Crippen molar-refractivity contribution in [3.8, 4) is 11.6 Å². The molecule has 1 heterocycles. The van der Waals surface area contributed by atoms with Gasteiger partial charge in [-0.25, -0.2) is 4.79 Å². The van der Waals surface area contributed by atoms with E-state index < -0.39 is 5.97 Å². The average molecular weight is 244 g/mol. The normalized spacial score (nSPS) is 9.83. The minimum atomic E-state index is -0.463. The van der Waals surface area contributed by atoms with E-state index >= 15 is 0 Å². The van der Waals surface area contributed by atoms with Gasteiger partial charge in [0.05, 0.1) is 7.11 Å². The summed E-state index contributed by atoms with van der Waals surface area (Å²) in [5, 5.41) is 0. The second-order valence-corrected chi connectivity index (χ2v) is 3.49. The van der Waals surface area contributed by atoms with Crippen molar-refractivity contribution in [2.45, 2.75) is 0 Å². The highest BCUT2D eigenvalue weighted by Gasteiger charge is 2.13. The number of pyridine rings is 1. The molecule has 2 aromatic rings. The highest BCUT2D eigenvalue weighted by atomic mass is 16.5. The number of carbonyl (C=O) groups excluding carboxylic acids is 1. The molecule has 18 heavy (non-hydrogen) atoms. The van der Waals surface area contributed by atoms with Gasteiger partial charge in [0.15, 0.2) is 0 Å². The van der Waals surface area contributed by atoms with Crippen LogP contribution in [0.25, 0.3) is 0 Å². The van der Waals surface area contributed by atoms with Gasteiger partial charge in [0.25, 0.3) is 0 Å². The predicted octanol–water partition coefficient (Wildman–Crippen LogP) is 2.24. The fraction of sp³-hybridized carbons (Fsp3) is 0.0769. The Balaban J connectivity index is 2.32. The van der Waals surface area contributed by atoms with Crippen molar-refractivity contribution in [3.63, 3.8) is 0 Å². The molecule has 0 aliphatic carbocycles. The molecule has 0 amide bonds. The Labute approximate surface area is 104 Å². The summed E-state index contributed by atoms with van der Waals surface area (Å²) >= 11 is 0. The molecule has 2 rings (SSSR count). The molecule has 0 saturated carbocycles. The summed E-state index contributed by atoms with van der Waals surface area (Å²) in [6.45, 7) is 0. The summed E-state index contributed by atoms with van der Waals surface area (Å²) in [4.78, 5) is 15.5. The Bertz CT molecular complexity index is 570. The third-order valence-corrected chi connectivity index (χ3v) is 2.25. The summed E-state index contributed by atoms with van der Waals surface area (Å²) in [6.07, 6.45) is 0. The second kappa shape index (κ2) is 5.18. The Kier molecular flexibility index (Phi) is 3.43. The highest BCUT2D eigenvalue weighted by molar-refractivity contribution is 5.92. The fourth-order valence-corrected chi connectivity index (χ4v) is 1.43. The number of esters is 1. The van der Waals surface area contributed by atoms with Gasteiger partial charge in [-0.2, -0.15) is 4.98 Å². The summed E-state index contributed by atoms with van der Waals surface area (Å²) < 4.78 is 10.2. The Morgan fingerprint density at radius 1 is 1.17 bits per heavy atom. The first-order valence-corrected chi connectivity index (χ1v) is 5.28. The smallest absolute Gasteiger partial charge is 0.341 e. The van der Waals surface area contributed by atoms with Crippen molar-refractivity contribution in [2.75, 3.05) is 12.8 Å². The maximum atomic E-state index is 11.5. The first kappa shape index (κ1) is 11.9. The lowest BCUT2D eigenvalue weighted by Crippen LogP contribution is -2.04. The van der Waals surface area contributed by atoms with Gasteiger partial charge in [0.2, 0.25) is 5.88 Å². The minimum Gasteiger partial charge on any atom is -0.465 e. The minimum absolute atomic E-state index is 0.325. The molecular formula is C13H12N2O3. The van der Waals surface area contributed by atoms with Crippen molar-refractivity contribution in [3.05, 3.63) is 48.0 Å². The first-order valence-electron chi connectivity index (χ1n) is 5.28. The van der Waals surface area contributed by atoms with Crippen LogP contribution in [0.2, 0.25) is 0 Å². The maximum Gasteiger partial charge on any atom is 0.341 e. The Morgan fingerprint density at radius 2 is 1.94 bits per heavy atom. The van der Waals surface area contributed by atoms with Crippen LogP contribution in [0.3, 0.4) is 0 Å². The summed E-state index contributed by atoms with van der Waals surface area (Å²) in [6, 6.07) is 11.8. The Morgan fingerprint density at radius 3 is 2.67 bits per heavy atom. The zero-order chi connectivity index (χ0) is 13.0. The number of hydrogen-bond donors (Lipinski definition) is 1. The van der Waals surface area contributed by atoms with Gasteiger partial charge in [-0.05, 0) is 18.2 Å². The van der Waals surface area contributed by atoms with Gasteiger partial charge in [-0.3, -0.25) is 0 Å². The first-order chi connectivity index (χ1) is 8.70. The largest absolute Gasteiger partial charge is 0.465 e. The van der Waals surface area contributed by atoms with Crippen molar-refractivity contribution in [1.29, 1.82) is 0 Å². The van der Waals surface area contributed by atoms with Crippen molar-refractivity contribution in [1.82, 2.24) is 4.98 Å². The van der Waals surface area contributed by atoms with E-state index in [0.29, 0.717) is 23.0 Å². The van der Waals surface area contributed by atoms with E-state index in [2.05, 4.69) is 9.72 Å². The lowest BCUT2D eigenvalue weighted by atomic mass is 10.2. The van der Waals surface area contributed by atoms with Crippen molar-refractivity contribution in [2.24, 2.45) is 0 Å². The van der Waals surface area contributed by atoms with Crippen LogP contribution in [0.15, 0.2) is 42.5 Å². The van der Waals surface area contributed by atoms with Crippen LogP contribution in [-0.4, -0.2) is 18.1 Å². The number of hydrogen-bond acceptors (Lipinski definition) is 5. The molecule has 0 spiro atoms. The number of ether oxygens (including phenoxy) is 2. The topological polar surface area (TPSA) is 74.4 Å². The van der Waals surface area contributed by atoms with Gasteiger partial charge < -0.3 is 15.2 Å². The van der Waals surface area contributed by atoms with Gasteiger partial charge in [0, 0.05) is 6.07 Å². The third-order valence-electron chi connectivity index (χ3n) is 2.25. The predicted molar refractivity (Wildman–Crippen MR) is 66.5 cm³/mol. The van der Waals surface area contributed by atoms with E-state index in [1.54, 1.807) is 42.5 Å². The zero-order valence-corrected chi connectivity index (χ0v) is 9.79. The molecule has 0 aliphatic heterocycles. The van der Waals surface area contributed by atoms with E-state index in [1.807, 2.05) is 0 Å². The molecule has 0 bridgehead atoms. The van der Waals surface area contributed by atoms with E-state index in [4.69, 9.17) is 10.5 Å². The average Bonchev–Trinajstić information content (AvgIpc) is 2.38. The molecule has 2 N–H and O–H groups in total. The quantitative estimate of drug-likeness (QED) is 0.838. The zero-order valence-electron chi connectivity index (χ0n) is 9.79. The number of carbonyl (C=O) groups is 1. The summed E-state index contributed by atoms with van der Waals surface area (Å²) in [5.74, 6) is 0.589. The highest BCUT2D eigenvalue weighted by Crippen LogP contribution is 2.24. The van der Waals surface area contributed by atoms with Gasteiger partial charge >= 0.3 is 5.97 Å². The molecule has 0 aliphatic rings. The van der Waals surface area contributed by atoms with Crippen LogP contribution in [0.1, 0.15) is 10.4 Å². The molecule has 0 unspecified atom stereocenters. The van der Waals surface area contributed by atoms with Crippen LogP contribution in [0, 0.1) is 0 Å². The Hall–Kier alpha value is -2.56. The van der Waals surface area contributed by atoms with Gasteiger partial charge in [-0.15, -0.1) is 0 Å². The number of aromatic nitrogens is 1.